The molecular formula is C18H28N2O2. The van der Waals surface area contributed by atoms with Crippen LogP contribution < -0.4 is 0 Å². The van der Waals surface area contributed by atoms with Gasteiger partial charge in [0.25, 0.3) is 0 Å². The van der Waals surface area contributed by atoms with Crippen molar-refractivity contribution >= 4 is 17.7 Å². The molecule has 0 saturated carbocycles. The standard InChI is InChI=1S/C18H28N2O2/c1-8-13(4)12-20-16(18(21)22-10-3)11-15(9-2)17(20)14(5)19(6)7/h9,11,13H,2,5,8,10,12H2,1,3-4,6-7H3. The van der Waals surface area contributed by atoms with Crippen LogP contribution in [-0.4, -0.2) is 36.1 Å². The maximum absolute atomic E-state index is 12.3. The first kappa shape index (κ1) is 18.1. The Bertz CT molecular complexity index is 556. The van der Waals surface area contributed by atoms with Gasteiger partial charge in [-0.05, 0) is 18.9 Å². The van der Waals surface area contributed by atoms with E-state index in [2.05, 4.69) is 27.0 Å². The first-order valence-electron chi connectivity index (χ1n) is 7.76. The van der Waals surface area contributed by atoms with E-state index in [9.17, 15) is 4.79 Å². The van der Waals surface area contributed by atoms with E-state index in [0.29, 0.717) is 18.2 Å². The lowest BCUT2D eigenvalue weighted by atomic mass is 10.1. The molecule has 0 bridgehead atoms. The third kappa shape index (κ3) is 3.81. The summed E-state index contributed by atoms with van der Waals surface area (Å²) < 4.78 is 7.22. The molecule has 0 aliphatic heterocycles. The van der Waals surface area contributed by atoms with E-state index in [1.54, 1.807) is 6.08 Å². The van der Waals surface area contributed by atoms with E-state index in [0.717, 1.165) is 29.9 Å². The number of carbonyl (C=O) groups is 1. The van der Waals surface area contributed by atoms with Gasteiger partial charge in [-0.15, -0.1) is 0 Å². The minimum Gasteiger partial charge on any atom is -0.461 e. The van der Waals surface area contributed by atoms with Gasteiger partial charge in [0.05, 0.1) is 18.0 Å². The maximum Gasteiger partial charge on any atom is 0.354 e. The van der Waals surface area contributed by atoms with Crippen LogP contribution in [0.15, 0.2) is 19.2 Å². The van der Waals surface area contributed by atoms with Crippen molar-refractivity contribution in [1.29, 1.82) is 0 Å². The fourth-order valence-corrected chi connectivity index (χ4v) is 2.26. The van der Waals surface area contributed by atoms with Gasteiger partial charge in [0, 0.05) is 26.2 Å². The molecule has 1 aromatic heterocycles. The molecular weight excluding hydrogens is 276 g/mol. The zero-order valence-corrected chi connectivity index (χ0v) is 14.5. The number of hydrogen-bond donors (Lipinski definition) is 0. The lowest BCUT2D eigenvalue weighted by molar-refractivity contribution is 0.0512. The first-order chi connectivity index (χ1) is 10.4. The second-order valence-corrected chi connectivity index (χ2v) is 5.72. The fraction of sp³-hybridized carbons (Fsp3) is 0.500. The predicted octanol–water partition coefficient (Wildman–Crippen LogP) is 3.89. The SMILES string of the molecule is C=Cc1cc(C(=O)OCC)n(CC(C)CC)c1C(=C)N(C)C. The molecule has 0 aliphatic carbocycles. The van der Waals surface area contributed by atoms with Crippen LogP contribution in [0.2, 0.25) is 0 Å². The van der Waals surface area contributed by atoms with Gasteiger partial charge in [-0.25, -0.2) is 4.79 Å². The minimum atomic E-state index is -0.299. The van der Waals surface area contributed by atoms with Crippen LogP contribution in [0.5, 0.6) is 0 Å². The normalized spacial score (nSPS) is 11.9. The number of nitrogens with zero attached hydrogens (tertiary/aromatic N) is 2. The molecule has 0 fully saturated rings. The summed E-state index contributed by atoms with van der Waals surface area (Å²) in [6.45, 7) is 15.3. The quantitative estimate of drug-likeness (QED) is 0.683. The highest BCUT2D eigenvalue weighted by molar-refractivity contribution is 5.90. The van der Waals surface area contributed by atoms with Crippen molar-refractivity contribution in [2.24, 2.45) is 5.92 Å². The lowest BCUT2D eigenvalue weighted by Crippen LogP contribution is -2.20. The molecule has 122 valence electrons. The summed E-state index contributed by atoms with van der Waals surface area (Å²) in [5.41, 5.74) is 3.26. The smallest absolute Gasteiger partial charge is 0.354 e. The molecule has 4 nitrogen and oxygen atoms in total. The van der Waals surface area contributed by atoms with Crippen LogP contribution in [0.25, 0.3) is 11.8 Å². The van der Waals surface area contributed by atoms with Gasteiger partial charge in [-0.3, -0.25) is 0 Å². The van der Waals surface area contributed by atoms with Gasteiger partial charge in [0.15, 0.2) is 0 Å². The Labute approximate surface area is 134 Å². The molecule has 0 radical (unpaired) electrons. The molecule has 4 heteroatoms. The Balaban J connectivity index is 3.47. The molecule has 0 aromatic carbocycles. The maximum atomic E-state index is 12.3. The average molecular weight is 304 g/mol. The second-order valence-electron chi connectivity index (χ2n) is 5.72. The number of carbonyl (C=O) groups excluding carboxylic acids is 1. The van der Waals surface area contributed by atoms with E-state index in [1.165, 1.54) is 0 Å². The monoisotopic (exact) mass is 304 g/mol. The molecule has 0 amide bonds. The van der Waals surface area contributed by atoms with Crippen molar-refractivity contribution in [3.05, 3.63) is 36.2 Å². The average Bonchev–Trinajstić information content (AvgIpc) is 2.84. The summed E-state index contributed by atoms with van der Waals surface area (Å²) in [4.78, 5) is 14.2. The fourth-order valence-electron chi connectivity index (χ4n) is 2.26. The van der Waals surface area contributed by atoms with E-state index in [-0.39, 0.29) is 5.97 Å². The Morgan fingerprint density at radius 3 is 2.55 bits per heavy atom. The highest BCUT2D eigenvalue weighted by Crippen LogP contribution is 2.27. The van der Waals surface area contributed by atoms with E-state index < -0.39 is 0 Å². The number of ether oxygens (including phenoxy) is 1. The number of aromatic nitrogens is 1. The number of rotatable bonds is 8. The third-order valence-electron chi connectivity index (χ3n) is 3.84. The predicted molar refractivity (Wildman–Crippen MR) is 92.7 cm³/mol. The van der Waals surface area contributed by atoms with Crippen molar-refractivity contribution in [1.82, 2.24) is 9.47 Å². The molecule has 1 atom stereocenters. The van der Waals surface area contributed by atoms with Gasteiger partial charge >= 0.3 is 5.97 Å². The van der Waals surface area contributed by atoms with Crippen LogP contribution in [0.1, 0.15) is 48.9 Å². The topological polar surface area (TPSA) is 34.5 Å². The van der Waals surface area contributed by atoms with Crippen LogP contribution in [0.4, 0.5) is 0 Å². The van der Waals surface area contributed by atoms with Crippen LogP contribution in [-0.2, 0) is 11.3 Å². The van der Waals surface area contributed by atoms with Gasteiger partial charge in [-0.2, -0.15) is 0 Å². The summed E-state index contributed by atoms with van der Waals surface area (Å²) in [5.74, 6) is 0.152. The Morgan fingerprint density at radius 2 is 2.09 bits per heavy atom. The van der Waals surface area contributed by atoms with Crippen molar-refractivity contribution < 1.29 is 9.53 Å². The van der Waals surface area contributed by atoms with Crippen LogP contribution in [0, 0.1) is 5.92 Å². The Morgan fingerprint density at radius 1 is 1.45 bits per heavy atom. The largest absolute Gasteiger partial charge is 0.461 e. The third-order valence-corrected chi connectivity index (χ3v) is 3.84. The van der Waals surface area contributed by atoms with Crippen molar-refractivity contribution in [3.8, 4) is 0 Å². The molecule has 1 rings (SSSR count). The molecule has 0 spiro atoms. The van der Waals surface area contributed by atoms with Crippen LogP contribution >= 0.6 is 0 Å². The Kier molecular flexibility index (Phi) is 6.47. The highest BCUT2D eigenvalue weighted by Gasteiger charge is 2.23. The number of esters is 1. The molecule has 0 saturated heterocycles. The van der Waals surface area contributed by atoms with Crippen molar-refractivity contribution in [2.45, 2.75) is 33.7 Å². The van der Waals surface area contributed by atoms with Gasteiger partial charge in [0.1, 0.15) is 5.69 Å². The van der Waals surface area contributed by atoms with Gasteiger partial charge in [0.2, 0.25) is 0 Å². The van der Waals surface area contributed by atoms with E-state index in [4.69, 9.17) is 4.74 Å². The van der Waals surface area contributed by atoms with Crippen molar-refractivity contribution in [2.75, 3.05) is 20.7 Å². The van der Waals surface area contributed by atoms with Crippen LogP contribution in [0.3, 0.4) is 0 Å². The summed E-state index contributed by atoms with van der Waals surface area (Å²) in [6.07, 6.45) is 2.80. The highest BCUT2D eigenvalue weighted by atomic mass is 16.5. The van der Waals surface area contributed by atoms with Gasteiger partial charge in [-0.1, -0.05) is 39.5 Å². The molecule has 1 unspecified atom stereocenters. The Hall–Kier alpha value is -1.97. The summed E-state index contributed by atoms with van der Waals surface area (Å²) in [5, 5.41) is 0. The molecule has 0 N–H and O–H groups in total. The molecule has 1 heterocycles. The summed E-state index contributed by atoms with van der Waals surface area (Å²) in [6, 6.07) is 1.84. The summed E-state index contributed by atoms with van der Waals surface area (Å²) in [7, 11) is 3.89. The zero-order valence-electron chi connectivity index (χ0n) is 14.5. The zero-order chi connectivity index (χ0) is 16.9. The molecule has 1 aromatic rings. The van der Waals surface area contributed by atoms with Gasteiger partial charge < -0.3 is 14.2 Å². The second kappa shape index (κ2) is 7.87. The summed E-state index contributed by atoms with van der Waals surface area (Å²) >= 11 is 0. The minimum absolute atomic E-state index is 0.299. The lowest BCUT2D eigenvalue weighted by Gasteiger charge is -2.22. The van der Waals surface area contributed by atoms with E-state index >= 15 is 0 Å². The molecule has 0 aliphatic rings. The molecule has 22 heavy (non-hydrogen) atoms. The first-order valence-corrected chi connectivity index (χ1v) is 7.76. The number of hydrogen-bond acceptors (Lipinski definition) is 3. The van der Waals surface area contributed by atoms with Crippen molar-refractivity contribution in [3.63, 3.8) is 0 Å². The van der Waals surface area contributed by atoms with E-state index in [1.807, 2.05) is 36.6 Å².